The van der Waals surface area contributed by atoms with Gasteiger partial charge in [0.2, 0.25) is 0 Å². The molecule has 14 heteroatoms. The van der Waals surface area contributed by atoms with Crippen LogP contribution in [-0.2, 0) is 29.2 Å². The first-order chi connectivity index (χ1) is 22.4. The maximum Gasteiger partial charge on any atom is 0.317 e. The van der Waals surface area contributed by atoms with E-state index in [0.29, 0.717) is 72.0 Å². The number of rotatable bonds is 5. The zero-order chi connectivity index (χ0) is 31.9. The van der Waals surface area contributed by atoms with Crippen molar-refractivity contribution in [3.63, 3.8) is 0 Å². The summed E-state index contributed by atoms with van der Waals surface area (Å²) in [4.78, 5) is 42.2. The van der Waals surface area contributed by atoms with E-state index in [4.69, 9.17) is 9.97 Å². The van der Waals surface area contributed by atoms with Crippen LogP contribution in [0.5, 0.6) is 0 Å². The number of pyridine rings is 2. The van der Waals surface area contributed by atoms with E-state index in [0.717, 1.165) is 39.6 Å². The van der Waals surface area contributed by atoms with Crippen molar-refractivity contribution >= 4 is 11.9 Å². The normalized spacial score (nSPS) is 19.6. The minimum absolute atomic E-state index is 0. The van der Waals surface area contributed by atoms with Gasteiger partial charge in [-0.05, 0) is 35.4 Å². The summed E-state index contributed by atoms with van der Waals surface area (Å²) in [5.41, 5.74) is 6.18. The van der Waals surface area contributed by atoms with Gasteiger partial charge in [-0.1, -0.05) is 41.6 Å². The molecule has 0 aliphatic carbocycles. The smallest absolute Gasteiger partial charge is 0.317 e. The molecule has 250 valence electrons. The number of hydrogen-bond acceptors (Lipinski definition) is 10. The van der Waals surface area contributed by atoms with Gasteiger partial charge in [-0.3, -0.25) is 34.2 Å². The maximum atomic E-state index is 11.8. The number of carboxylic acid groups (broad SMARTS) is 2. The van der Waals surface area contributed by atoms with Crippen LogP contribution in [0.2, 0.25) is 0 Å². The minimum Gasteiger partial charge on any atom is -0.480 e. The molecular formula is C33H39DyN9O4. The zero-order valence-electron chi connectivity index (χ0n) is 26.1. The number of nitrogens with zero attached hydrogens (tertiary/aromatic N) is 9. The Morgan fingerprint density at radius 3 is 1.81 bits per heavy atom. The van der Waals surface area contributed by atoms with Gasteiger partial charge in [0, 0.05) is 104 Å². The van der Waals surface area contributed by atoms with E-state index >= 15 is 0 Å². The first-order valence-electron chi connectivity index (χ1n) is 15.6. The van der Waals surface area contributed by atoms with E-state index in [1.807, 2.05) is 50.9 Å². The number of fused-ring (bicyclic) bond motifs is 8. The fourth-order valence-corrected chi connectivity index (χ4v) is 6.10. The molecule has 1 saturated heterocycles. The number of carbonyl (C=O) groups is 2. The van der Waals surface area contributed by atoms with Crippen molar-refractivity contribution in [3.05, 3.63) is 83.9 Å². The molecule has 0 radical (unpaired) electrons. The summed E-state index contributed by atoms with van der Waals surface area (Å²) in [6.07, 6.45) is 1.72. The molecular weight excluding hydrogens is 749 g/mol. The fraction of sp³-hybridized carbons (Fsp3) is 0.394. The summed E-state index contributed by atoms with van der Waals surface area (Å²) in [5.74, 6) is -1.72. The fourth-order valence-electron chi connectivity index (χ4n) is 6.10. The Hall–Kier alpha value is -3.29. The molecule has 1 fully saturated rings. The molecule has 0 spiro atoms. The van der Waals surface area contributed by atoms with Crippen LogP contribution < -0.4 is 0 Å². The summed E-state index contributed by atoms with van der Waals surface area (Å²) < 4.78 is 1.84. The average molecular weight is 788 g/mol. The second kappa shape index (κ2) is 16.7. The van der Waals surface area contributed by atoms with Crippen molar-refractivity contribution in [3.8, 4) is 22.5 Å². The van der Waals surface area contributed by atoms with E-state index in [9.17, 15) is 19.8 Å². The Bertz CT molecular complexity index is 1620. The van der Waals surface area contributed by atoms with Crippen LogP contribution in [0.15, 0.2) is 66.9 Å². The SMILES string of the molecule is O=C(O)CN1CCN2CCN(CC(=O)O)CCN(CC1)Cc1cccc(n1)-c1cnnn1Cc1cc(-c3ccccc3)cc(n1)C2.[Dy]. The minimum atomic E-state index is -0.860. The Kier molecular flexibility index (Phi) is 12.4. The van der Waals surface area contributed by atoms with Crippen LogP contribution in [0.1, 0.15) is 17.1 Å². The monoisotopic (exact) mass is 789 g/mol. The molecule has 13 nitrogen and oxygen atoms in total. The summed E-state index contributed by atoms with van der Waals surface area (Å²) >= 11 is 0. The van der Waals surface area contributed by atoms with E-state index < -0.39 is 11.9 Å². The third kappa shape index (κ3) is 9.87. The third-order valence-corrected chi connectivity index (χ3v) is 8.46. The van der Waals surface area contributed by atoms with Crippen LogP contribution in [0, 0.1) is 38.2 Å². The molecule has 3 aromatic heterocycles. The number of carboxylic acids is 2. The topological polar surface area (TPSA) is 144 Å². The van der Waals surface area contributed by atoms with Gasteiger partial charge >= 0.3 is 11.9 Å². The molecule has 7 rings (SSSR count). The average Bonchev–Trinajstić information content (AvgIpc) is 3.50. The van der Waals surface area contributed by atoms with Crippen molar-refractivity contribution in [2.75, 3.05) is 65.4 Å². The molecule has 0 atom stereocenters. The second-order valence-corrected chi connectivity index (χ2v) is 11.9. The molecule has 2 N–H and O–H groups in total. The molecule has 0 amide bonds. The molecule has 3 aliphatic heterocycles. The van der Waals surface area contributed by atoms with Crippen LogP contribution in [0.25, 0.3) is 22.5 Å². The van der Waals surface area contributed by atoms with Crippen molar-refractivity contribution < 1.29 is 58.0 Å². The largest absolute Gasteiger partial charge is 0.480 e. The summed E-state index contributed by atoms with van der Waals surface area (Å²) in [7, 11) is 0. The summed E-state index contributed by atoms with van der Waals surface area (Å²) in [6.45, 7) is 6.03. The van der Waals surface area contributed by atoms with Crippen molar-refractivity contribution in [1.29, 1.82) is 0 Å². The molecule has 6 bridgehead atoms. The molecule has 1 aromatic carbocycles. The van der Waals surface area contributed by atoms with Gasteiger partial charge in [-0.15, -0.1) is 5.10 Å². The van der Waals surface area contributed by atoms with E-state index in [-0.39, 0.29) is 51.3 Å². The third-order valence-electron chi connectivity index (χ3n) is 8.46. The Labute approximate surface area is 304 Å². The van der Waals surface area contributed by atoms with Gasteiger partial charge in [0.25, 0.3) is 0 Å². The number of hydrogen-bond donors (Lipinski definition) is 2. The van der Waals surface area contributed by atoms with Crippen LogP contribution >= 0.6 is 0 Å². The molecule has 0 saturated carbocycles. The number of aromatic nitrogens is 5. The van der Waals surface area contributed by atoms with Crippen molar-refractivity contribution in [2.24, 2.45) is 0 Å². The molecule has 6 heterocycles. The standard InChI is InChI=1S/C33H39N9O4.Dy/c43-32(44)23-40-13-9-38-10-14-41(24-33(45)46)16-12-39(11-15-40)21-28-17-26(25-5-2-1-3-6-25)18-29(35-28)22-42-31(19-34-37-42)30-8-4-7-27(20-38)36-30;/h1-8,17-19H,9-16,20-24H2,(H,43,44)(H,45,46);. The number of benzene rings is 1. The maximum absolute atomic E-state index is 11.8. The van der Waals surface area contributed by atoms with Crippen LogP contribution in [0.3, 0.4) is 0 Å². The van der Waals surface area contributed by atoms with Gasteiger partial charge in [-0.25, -0.2) is 9.67 Å². The molecule has 3 aliphatic rings. The van der Waals surface area contributed by atoms with E-state index in [1.54, 1.807) is 6.20 Å². The van der Waals surface area contributed by atoms with Crippen molar-refractivity contribution in [1.82, 2.24) is 44.6 Å². The van der Waals surface area contributed by atoms with Gasteiger partial charge < -0.3 is 10.2 Å². The van der Waals surface area contributed by atoms with Crippen molar-refractivity contribution in [2.45, 2.75) is 19.6 Å². The van der Waals surface area contributed by atoms with E-state index in [2.05, 4.69) is 44.4 Å². The molecule has 47 heavy (non-hydrogen) atoms. The van der Waals surface area contributed by atoms with Gasteiger partial charge in [0.15, 0.2) is 0 Å². The zero-order valence-corrected chi connectivity index (χ0v) is 28.1. The Morgan fingerprint density at radius 2 is 1.21 bits per heavy atom. The molecule has 4 aromatic rings. The quantitative estimate of drug-likeness (QED) is 0.305. The second-order valence-electron chi connectivity index (χ2n) is 11.9. The predicted octanol–water partition coefficient (Wildman–Crippen LogP) is 1.85. The summed E-state index contributed by atoms with van der Waals surface area (Å²) in [6, 6.07) is 20.2. The van der Waals surface area contributed by atoms with E-state index in [1.165, 1.54) is 0 Å². The van der Waals surface area contributed by atoms with Gasteiger partial charge in [-0.2, -0.15) is 0 Å². The molecule has 0 unspecified atom stereocenters. The summed E-state index contributed by atoms with van der Waals surface area (Å²) in [5, 5.41) is 28.0. The number of aliphatic carboxylic acids is 2. The van der Waals surface area contributed by atoms with Crippen LogP contribution in [-0.4, -0.2) is 132 Å². The Balaban J connectivity index is 0.00000433. The first kappa shape index (κ1) is 35.0. The van der Waals surface area contributed by atoms with Gasteiger partial charge in [0.05, 0.1) is 48.6 Å². The first-order valence-corrected chi connectivity index (χ1v) is 15.6. The van der Waals surface area contributed by atoms with Gasteiger partial charge in [0.1, 0.15) is 5.69 Å². The predicted molar refractivity (Wildman–Crippen MR) is 171 cm³/mol. The van der Waals surface area contributed by atoms with Crippen LogP contribution in [0.4, 0.5) is 0 Å². The Morgan fingerprint density at radius 1 is 0.638 bits per heavy atom.